The van der Waals surface area contributed by atoms with E-state index in [1.165, 1.54) is 11.0 Å². The zero-order valence-electron chi connectivity index (χ0n) is 16.3. The van der Waals surface area contributed by atoms with Crippen molar-refractivity contribution in [2.75, 3.05) is 20.2 Å². The molecule has 0 bridgehead atoms. The third-order valence-electron chi connectivity index (χ3n) is 5.71. The van der Waals surface area contributed by atoms with Crippen LogP contribution in [0.4, 0.5) is 13.2 Å². The summed E-state index contributed by atoms with van der Waals surface area (Å²) in [7, 11) is 1.15. The van der Waals surface area contributed by atoms with E-state index in [2.05, 4.69) is 0 Å². The van der Waals surface area contributed by atoms with Crippen LogP contribution in [0.2, 0.25) is 0 Å². The quantitative estimate of drug-likeness (QED) is 0.726. The number of hydrogen-bond donors (Lipinski definition) is 0. The molecule has 2 aliphatic rings. The standard InChI is InChI=1S/C22H20F3NO4/c1-29-19-7-6-14(12-16(19)22(23,24)25)20(28)26-10-8-21(9-11-26)13-17(27)15-4-2-3-5-18(15)30-21/h2-7,12H,8-11,13H2,1H3. The summed E-state index contributed by atoms with van der Waals surface area (Å²) in [6, 6.07) is 10.4. The second-order valence-corrected chi connectivity index (χ2v) is 7.59. The number of carbonyl (C=O) groups excluding carboxylic acids is 2. The van der Waals surface area contributed by atoms with E-state index < -0.39 is 23.2 Å². The van der Waals surface area contributed by atoms with E-state index in [0.29, 0.717) is 37.2 Å². The predicted molar refractivity (Wildman–Crippen MR) is 102 cm³/mol. The van der Waals surface area contributed by atoms with Crippen molar-refractivity contribution in [1.29, 1.82) is 0 Å². The molecule has 1 saturated heterocycles. The Kier molecular flexibility index (Phi) is 4.95. The zero-order valence-corrected chi connectivity index (χ0v) is 16.3. The molecule has 5 nitrogen and oxygen atoms in total. The lowest BCUT2D eigenvalue weighted by molar-refractivity contribution is -0.138. The van der Waals surface area contributed by atoms with E-state index in [9.17, 15) is 22.8 Å². The Balaban J connectivity index is 1.50. The van der Waals surface area contributed by atoms with Crippen LogP contribution in [0.3, 0.4) is 0 Å². The molecule has 8 heteroatoms. The summed E-state index contributed by atoms with van der Waals surface area (Å²) in [6.07, 6.45) is -3.54. The van der Waals surface area contributed by atoms with Gasteiger partial charge in [0.15, 0.2) is 5.78 Å². The minimum absolute atomic E-state index is 0.00148. The average Bonchev–Trinajstić information content (AvgIpc) is 2.73. The molecule has 0 aliphatic carbocycles. The van der Waals surface area contributed by atoms with Gasteiger partial charge in [-0.1, -0.05) is 12.1 Å². The number of nitrogens with zero attached hydrogens (tertiary/aromatic N) is 1. The van der Waals surface area contributed by atoms with Gasteiger partial charge in [-0.3, -0.25) is 9.59 Å². The van der Waals surface area contributed by atoms with Crippen molar-refractivity contribution in [3.05, 3.63) is 59.2 Å². The molecular weight excluding hydrogens is 399 g/mol. The van der Waals surface area contributed by atoms with Crippen LogP contribution < -0.4 is 9.47 Å². The van der Waals surface area contributed by atoms with Gasteiger partial charge < -0.3 is 14.4 Å². The lowest BCUT2D eigenvalue weighted by atomic mass is 9.82. The summed E-state index contributed by atoms with van der Waals surface area (Å²) in [5.74, 6) is -0.273. The Morgan fingerprint density at radius 3 is 2.50 bits per heavy atom. The lowest BCUT2D eigenvalue weighted by Crippen LogP contribution is -2.52. The molecule has 2 aromatic carbocycles. The van der Waals surface area contributed by atoms with Crippen LogP contribution in [-0.4, -0.2) is 42.4 Å². The van der Waals surface area contributed by atoms with Gasteiger partial charge in [-0.15, -0.1) is 0 Å². The van der Waals surface area contributed by atoms with Crippen LogP contribution >= 0.6 is 0 Å². The number of fused-ring (bicyclic) bond motifs is 1. The molecule has 4 rings (SSSR count). The first kappa shape index (κ1) is 20.3. The molecule has 0 atom stereocenters. The fourth-order valence-electron chi connectivity index (χ4n) is 4.08. The van der Waals surface area contributed by atoms with Crippen LogP contribution in [-0.2, 0) is 6.18 Å². The van der Waals surface area contributed by atoms with Gasteiger partial charge in [0, 0.05) is 31.5 Å². The fraction of sp³-hybridized carbons (Fsp3) is 0.364. The monoisotopic (exact) mass is 419 g/mol. The van der Waals surface area contributed by atoms with Crippen LogP contribution in [0.15, 0.2) is 42.5 Å². The van der Waals surface area contributed by atoms with Gasteiger partial charge in [0.25, 0.3) is 5.91 Å². The number of methoxy groups -OCH3 is 1. The first-order valence-electron chi connectivity index (χ1n) is 9.58. The summed E-state index contributed by atoms with van der Waals surface area (Å²) in [6.45, 7) is 0.587. The highest BCUT2D eigenvalue weighted by molar-refractivity contribution is 6.00. The second kappa shape index (κ2) is 7.34. The summed E-state index contributed by atoms with van der Waals surface area (Å²) in [5.41, 5.74) is -1.16. The maximum absolute atomic E-state index is 13.3. The molecule has 1 amide bonds. The fourth-order valence-corrected chi connectivity index (χ4v) is 4.08. The van der Waals surface area contributed by atoms with Crippen molar-refractivity contribution >= 4 is 11.7 Å². The van der Waals surface area contributed by atoms with Crippen LogP contribution in [0, 0.1) is 0 Å². The lowest BCUT2D eigenvalue weighted by Gasteiger charge is -2.44. The van der Waals surface area contributed by atoms with Crippen molar-refractivity contribution in [1.82, 2.24) is 4.90 Å². The topological polar surface area (TPSA) is 55.8 Å². The number of hydrogen-bond acceptors (Lipinski definition) is 4. The Bertz CT molecular complexity index is 994. The first-order chi connectivity index (χ1) is 14.2. The predicted octanol–water partition coefficient (Wildman–Crippen LogP) is 4.35. The second-order valence-electron chi connectivity index (χ2n) is 7.59. The van der Waals surface area contributed by atoms with Crippen molar-refractivity contribution < 1.29 is 32.2 Å². The molecule has 30 heavy (non-hydrogen) atoms. The van der Waals surface area contributed by atoms with E-state index in [0.717, 1.165) is 19.2 Å². The van der Waals surface area contributed by atoms with Crippen LogP contribution in [0.25, 0.3) is 0 Å². The number of halogens is 3. The third-order valence-corrected chi connectivity index (χ3v) is 5.71. The number of likely N-dealkylation sites (tertiary alicyclic amines) is 1. The molecule has 0 aromatic heterocycles. The molecule has 1 spiro atoms. The molecule has 2 aromatic rings. The Morgan fingerprint density at radius 1 is 1.13 bits per heavy atom. The van der Waals surface area contributed by atoms with Crippen LogP contribution in [0.1, 0.15) is 45.5 Å². The average molecular weight is 419 g/mol. The van der Waals surface area contributed by atoms with Gasteiger partial charge in [0.05, 0.1) is 24.7 Å². The van der Waals surface area contributed by atoms with Crippen molar-refractivity contribution in [3.63, 3.8) is 0 Å². The normalized spacial score (nSPS) is 18.0. The van der Waals surface area contributed by atoms with Crippen molar-refractivity contribution in [2.24, 2.45) is 0 Å². The molecule has 0 N–H and O–H groups in total. The van der Waals surface area contributed by atoms with Gasteiger partial charge >= 0.3 is 6.18 Å². The smallest absolute Gasteiger partial charge is 0.419 e. The maximum atomic E-state index is 13.3. The first-order valence-corrected chi connectivity index (χ1v) is 9.58. The summed E-state index contributed by atoms with van der Waals surface area (Å²) in [4.78, 5) is 26.8. The molecule has 158 valence electrons. The highest BCUT2D eigenvalue weighted by Crippen LogP contribution is 2.40. The van der Waals surface area contributed by atoms with E-state index in [4.69, 9.17) is 9.47 Å². The number of ether oxygens (including phenoxy) is 2. The molecule has 1 fully saturated rings. The number of benzene rings is 2. The van der Waals surface area contributed by atoms with Gasteiger partial charge in [-0.05, 0) is 30.3 Å². The highest BCUT2D eigenvalue weighted by Gasteiger charge is 2.44. The number of ketones is 1. The molecular formula is C22H20F3NO4. The Hall–Kier alpha value is -3.03. The van der Waals surface area contributed by atoms with Crippen molar-refractivity contribution in [3.8, 4) is 11.5 Å². The Morgan fingerprint density at radius 2 is 1.83 bits per heavy atom. The number of alkyl halides is 3. The maximum Gasteiger partial charge on any atom is 0.419 e. The van der Waals surface area contributed by atoms with Gasteiger partial charge in [-0.25, -0.2) is 0 Å². The number of carbonyl (C=O) groups is 2. The minimum Gasteiger partial charge on any atom is -0.496 e. The van der Waals surface area contributed by atoms with Gasteiger partial charge in [-0.2, -0.15) is 13.2 Å². The van der Waals surface area contributed by atoms with Crippen LogP contribution in [0.5, 0.6) is 11.5 Å². The largest absolute Gasteiger partial charge is 0.496 e. The van der Waals surface area contributed by atoms with E-state index in [1.54, 1.807) is 24.3 Å². The van der Waals surface area contributed by atoms with E-state index >= 15 is 0 Å². The van der Waals surface area contributed by atoms with Gasteiger partial charge in [0.2, 0.25) is 0 Å². The molecule has 0 unspecified atom stereocenters. The molecule has 2 aliphatic heterocycles. The Labute approximate surface area is 171 Å². The summed E-state index contributed by atoms with van der Waals surface area (Å²) in [5, 5.41) is 0. The number of Topliss-reactive ketones (excluding diaryl/α,β-unsaturated/α-hetero) is 1. The minimum atomic E-state index is -4.63. The summed E-state index contributed by atoms with van der Waals surface area (Å²) >= 11 is 0. The number of amides is 1. The van der Waals surface area contributed by atoms with Gasteiger partial charge in [0.1, 0.15) is 17.1 Å². The number of piperidine rings is 1. The molecule has 2 heterocycles. The molecule has 0 radical (unpaired) electrons. The number of rotatable bonds is 2. The number of para-hydroxylation sites is 1. The molecule has 0 saturated carbocycles. The van der Waals surface area contributed by atoms with Crippen molar-refractivity contribution in [2.45, 2.75) is 31.0 Å². The third kappa shape index (κ3) is 3.62. The van der Waals surface area contributed by atoms with E-state index in [1.807, 2.05) is 0 Å². The highest BCUT2D eigenvalue weighted by atomic mass is 19.4. The van der Waals surface area contributed by atoms with E-state index in [-0.39, 0.29) is 23.5 Å². The summed E-state index contributed by atoms with van der Waals surface area (Å²) < 4.78 is 50.7. The SMILES string of the molecule is COc1ccc(C(=O)N2CCC3(CC2)CC(=O)c2ccccc2O3)cc1C(F)(F)F. The zero-order chi connectivity index (χ0) is 21.5.